The van der Waals surface area contributed by atoms with Crippen molar-refractivity contribution in [1.82, 2.24) is 9.88 Å². The number of morpholine rings is 1. The molecular weight excluding hydrogens is 338 g/mol. The molecule has 2 aliphatic heterocycles. The maximum Gasteiger partial charge on any atom is 0.272 e. The summed E-state index contributed by atoms with van der Waals surface area (Å²) in [6.07, 6.45) is 1.46. The fourth-order valence-electron chi connectivity index (χ4n) is 2.79. The van der Waals surface area contributed by atoms with E-state index in [9.17, 15) is 9.59 Å². The van der Waals surface area contributed by atoms with Gasteiger partial charge >= 0.3 is 0 Å². The van der Waals surface area contributed by atoms with Gasteiger partial charge in [0.05, 0.1) is 13.2 Å². The van der Waals surface area contributed by atoms with E-state index in [1.807, 2.05) is 0 Å². The van der Waals surface area contributed by atoms with Crippen molar-refractivity contribution < 1.29 is 23.8 Å². The van der Waals surface area contributed by atoms with E-state index < -0.39 is 0 Å². The molecule has 0 radical (unpaired) electrons. The smallest absolute Gasteiger partial charge is 0.272 e. The number of carbonyl (C=O) groups excluding carboxylic acids is 2. The Kier molecular flexibility index (Phi) is 4.40. The molecule has 4 rings (SSSR count). The monoisotopic (exact) mass is 355 g/mol. The Labute approximate surface area is 149 Å². The number of ether oxygens (including phenoxy) is 3. The van der Waals surface area contributed by atoms with Crippen molar-refractivity contribution in [3.63, 3.8) is 0 Å². The molecule has 0 bridgehead atoms. The third-order valence-corrected chi connectivity index (χ3v) is 4.17. The average molecular weight is 355 g/mol. The number of rotatable bonds is 3. The number of aromatic nitrogens is 1. The Morgan fingerprint density at radius 2 is 1.85 bits per heavy atom. The van der Waals surface area contributed by atoms with Gasteiger partial charge in [-0.2, -0.15) is 0 Å². The normalized spacial score (nSPS) is 15.6. The lowest BCUT2D eigenvalue weighted by Gasteiger charge is -2.26. The summed E-state index contributed by atoms with van der Waals surface area (Å²) in [6, 6.07) is 8.23. The SMILES string of the molecule is O=C(Nc1ccc2c(c1)OCO2)c1ccnc(C(=O)N2CCOCC2)c1. The van der Waals surface area contributed by atoms with E-state index in [1.165, 1.54) is 12.3 Å². The summed E-state index contributed by atoms with van der Waals surface area (Å²) in [5, 5.41) is 2.79. The zero-order valence-corrected chi connectivity index (χ0v) is 13.9. The van der Waals surface area contributed by atoms with Crippen molar-refractivity contribution in [1.29, 1.82) is 0 Å². The van der Waals surface area contributed by atoms with Crippen LogP contribution in [-0.4, -0.2) is 54.8 Å². The fourth-order valence-corrected chi connectivity index (χ4v) is 2.79. The van der Waals surface area contributed by atoms with Crippen LogP contribution < -0.4 is 14.8 Å². The first-order valence-corrected chi connectivity index (χ1v) is 8.25. The van der Waals surface area contributed by atoms with Crippen LogP contribution in [0.3, 0.4) is 0 Å². The zero-order chi connectivity index (χ0) is 17.9. The first-order valence-electron chi connectivity index (χ1n) is 8.25. The van der Waals surface area contributed by atoms with Gasteiger partial charge in [-0.3, -0.25) is 14.6 Å². The van der Waals surface area contributed by atoms with Crippen molar-refractivity contribution in [2.45, 2.75) is 0 Å². The molecule has 1 N–H and O–H groups in total. The first kappa shape index (κ1) is 16.3. The van der Waals surface area contributed by atoms with Crippen LogP contribution in [0.4, 0.5) is 5.69 Å². The van der Waals surface area contributed by atoms with Crippen LogP contribution in [0.2, 0.25) is 0 Å². The Hall–Kier alpha value is -3.13. The first-order chi connectivity index (χ1) is 12.7. The number of benzene rings is 1. The van der Waals surface area contributed by atoms with Crippen LogP contribution >= 0.6 is 0 Å². The number of amides is 2. The Morgan fingerprint density at radius 3 is 2.69 bits per heavy atom. The summed E-state index contributed by atoms with van der Waals surface area (Å²) in [7, 11) is 0. The van der Waals surface area contributed by atoms with Crippen LogP contribution in [0.5, 0.6) is 11.5 Å². The van der Waals surface area contributed by atoms with E-state index in [0.717, 1.165) is 0 Å². The fraction of sp³-hybridized carbons (Fsp3) is 0.278. The summed E-state index contributed by atoms with van der Waals surface area (Å²) in [5.74, 6) is 0.694. The molecule has 2 amide bonds. The molecule has 1 saturated heterocycles. The van der Waals surface area contributed by atoms with Gasteiger partial charge in [0.15, 0.2) is 11.5 Å². The Bertz CT molecular complexity index is 848. The number of pyridine rings is 1. The highest BCUT2D eigenvalue weighted by molar-refractivity contribution is 6.05. The van der Waals surface area contributed by atoms with Crippen LogP contribution in [0.15, 0.2) is 36.5 Å². The molecule has 8 nitrogen and oxygen atoms in total. The van der Waals surface area contributed by atoms with Crippen molar-refractivity contribution >= 4 is 17.5 Å². The molecular formula is C18H17N3O5. The van der Waals surface area contributed by atoms with Crippen molar-refractivity contribution in [2.75, 3.05) is 38.4 Å². The molecule has 0 unspecified atom stereocenters. The van der Waals surface area contributed by atoms with Crippen LogP contribution in [0.1, 0.15) is 20.8 Å². The van der Waals surface area contributed by atoms with Gasteiger partial charge in [-0.25, -0.2) is 0 Å². The number of fused-ring (bicyclic) bond motifs is 1. The molecule has 2 aromatic rings. The molecule has 8 heteroatoms. The molecule has 3 heterocycles. The summed E-state index contributed by atoms with van der Waals surface area (Å²) < 4.78 is 15.8. The van der Waals surface area contributed by atoms with Gasteiger partial charge in [-0.05, 0) is 24.3 Å². The van der Waals surface area contributed by atoms with E-state index in [-0.39, 0.29) is 24.3 Å². The van der Waals surface area contributed by atoms with Gasteiger partial charge in [0, 0.05) is 36.6 Å². The predicted octanol–water partition coefficient (Wildman–Crippen LogP) is 1.53. The number of anilines is 1. The lowest BCUT2D eigenvalue weighted by molar-refractivity contribution is 0.0299. The van der Waals surface area contributed by atoms with E-state index in [1.54, 1.807) is 29.2 Å². The molecule has 0 saturated carbocycles. The summed E-state index contributed by atoms with van der Waals surface area (Å²) in [4.78, 5) is 30.8. The number of nitrogens with one attached hydrogen (secondary N) is 1. The van der Waals surface area contributed by atoms with Crippen LogP contribution in [0.25, 0.3) is 0 Å². The number of carbonyl (C=O) groups is 2. The van der Waals surface area contributed by atoms with Gasteiger partial charge in [0.2, 0.25) is 6.79 Å². The lowest BCUT2D eigenvalue weighted by atomic mass is 10.2. The van der Waals surface area contributed by atoms with Crippen molar-refractivity contribution in [2.24, 2.45) is 0 Å². The van der Waals surface area contributed by atoms with Crippen molar-refractivity contribution in [3.8, 4) is 11.5 Å². The Morgan fingerprint density at radius 1 is 1.04 bits per heavy atom. The predicted molar refractivity (Wildman–Crippen MR) is 91.5 cm³/mol. The topological polar surface area (TPSA) is 90.0 Å². The minimum atomic E-state index is -0.331. The molecule has 0 atom stereocenters. The van der Waals surface area contributed by atoms with Gasteiger partial charge in [-0.1, -0.05) is 0 Å². The molecule has 1 aromatic carbocycles. The van der Waals surface area contributed by atoms with E-state index in [4.69, 9.17) is 14.2 Å². The average Bonchev–Trinajstić information content (AvgIpc) is 3.16. The highest BCUT2D eigenvalue weighted by Crippen LogP contribution is 2.34. The molecule has 134 valence electrons. The van der Waals surface area contributed by atoms with Crippen molar-refractivity contribution in [3.05, 3.63) is 47.8 Å². The van der Waals surface area contributed by atoms with Gasteiger partial charge < -0.3 is 24.4 Å². The number of hydrogen-bond acceptors (Lipinski definition) is 6. The van der Waals surface area contributed by atoms with Crippen LogP contribution in [0, 0.1) is 0 Å². The van der Waals surface area contributed by atoms with Gasteiger partial charge in [0.25, 0.3) is 11.8 Å². The summed E-state index contributed by atoms with van der Waals surface area (Å²) >= 11 is 0. The second-order valence-electron chi connectivity index (χ2n) is 5.86. The molecule has 0 spiro atoms. The van der Waals surface area contributed by atoms with E-state index in [2.05, 4.69) is 10.3 Å². The van der Waals surface area contributed by atoms with Gasteiger partial charge in [-0.15, -0.1) is 0 Å². The third-order valence-electron chi connectivity index (χ3n) is 4.17. The number of nitrogens with zero attached hydrogens (tertiary/aromatic N) is 2. The highest BCUT2D eigenvalue weighted by atomic mass is 16.7. The second-order valence-corrected chi connectivity index (χ2v) is 5.86. The number of hydrogen-bond donors (Lipinski definition) is 1. The lowest BCUT2D eigenvalue weighted by Crippen LogP contribution is -2.41. The maximum absolute atomic E-state index is 12.5. The standard InChI is InChI=1S/C18H17N3O5/c22-17(20-13-1-2-15-16(10-13)26-11-25-15)12-3-4-19-14(9-12)18(23)21-5-7-24-8-6-21/h1-4,9-10H,5-8,11H2,(H,20,22). The van der Waals surface area contributed by atoms with Crippen LogP contribution in [-0.2, 0) is 4.74 Å². The third kappa shape index (κ3) is 3.31. The maximum atomic E-state index is 12.5. The van der Waals surface area contributed by atoms with E-state index >= 15 is 0 Å². The summed E-state index contributed by atoms with van der Waals surface area (Å²) in [5.41, 5.74) is 1.18. The minimum Gasteiger partial charge on any atom is -0.454 e. The summed E-state index contributed by atoms with van der Waals surface area (Å²) in [6.45, 7) is 2.23. The molecule has 2 aliphatic rings. The zero-order valence-electron chi connectivity index (χ0n) is 13.9. The molecule has 0 aliphatic carbocycles. The second kappa shape index (κ2) is 7.01. The Balaban J connectivity index is 1.48. The van der Waals surface area contributed by atoms with Gasteiger partial charge in [0.1, 0.15) is 5.69 Å². The highest BCUT2D eigenvalue weighted by Gasteiger charge is 2.21. The molecule has 26 heavy (non-hydrogen) atoms. The molecule has 1 fully saturated rings. The quantitative estimate of drug-likeness (QED) is 0.898. The molecule has 1 aromatic heterocycles. The largest absolute Gasteiger partial charge is 0.454 e. The minimum absolute atomic E-state index is 0.171. The van der Waals surface area contributed by atoms with E-state index in [0.29, 0.717) is 49.1 Å².